The SMILES string of the molecule is CC(C)[Si](C#Cc1c(F)c(F)cc2cc(N)cc(B3OC(C)(C)C(C)(C)O3)c12)(C(C)C)C(C)C. The number of hydrogen-bond donors (Lipinski definition) is 1. The fourth-order valence-electron chi connectivity index (χ4n) is 5.42. The Bertz CT molecular complexity index is 1130. The van der Waals surface area contributed by atoms with Crippen molar-refractivity contribution in [2.24, 2.45) is 0 Å². The zero-order chi connectivity index (χ0) is 25.8. The molecule has 0 spiro atoms. The molecular weight excluding hydrogens is 447 g/mol. The minimum atomic E-state index is -2.18. The molecule has 1 aliphatic rings. The smallest absolute Gasteiger partial charge is 0.399 e. The molecule has 0 unspecified atom stereocenters. The summed E-state index contributed by atoms with van der Waals surface area (Å²) in [4.78, 5) is 0. The second-order valence-electron chi connectivity index (χ2n) is 11.5. The third kappa shape index (κ3) is 4.30. The van der Waals surface area contributed by atoms with E-state index in [9.17, 15) is 4.39 Å². The van der Waals surface area contributed by atoms with Crippen molar-refractivity contribution in [3.05, 3.63) is 35.4 Å². The van der Waals surface area contributed by atoms with E-state index in [1.807, 2.05) is 27.7 Å². The molecule has 0 aliphatic carbocycles. The van der Waals surface area contributed by atoms with Gasteiger partial charge in [-0.2, -0.15) is 0 Å². The number of hydrogen-bond acceptors (Lipinski definition) is 3. The highest BCUT2D eigenvalue weighted by molar-refractivity contribution is 6.90. The van der Waals surface area contributed by atoms with Crippen LogP contribution < -0.4 is 11.2 Å². The van der Waals surface area contributed by atoms with E-state index in [1.54, 1.807) is 12.1 Å². The molecule has 34 heavy (non-hydrogen) atoms. The third-order valence-electron chi connectivity index (χ3n) is 7.96. The fourth-order valence-corrected chi connectivity index (χ4v) is 10.6. The van der Waals surface area contributed by atoms with Crippen LogP contribution in [0.2, 0.25) is 16.6 Å². The van der Waals surface area contributed by atoms with Crippen molar-refractivity contribution >= 4 is 37.1 Å². The van der Waals surface area contributed by atoms with Gasteiger partial charge in [-0.1, -0.05) is 47.5 Å². The first-order valence-corrected chi connectivity index (χ1v) is 14.4. The van der Waals surface area contributed by atoms with Gasteiger partial charge in [0.2, 0.25) is 0 Å². The number of benzene rings is 2. The predicted molar refractivity (Wildman–Crippen MR) is 142 cm³/mol. The van der Waals surface area contributed by atoms with Gasteiger partial charge in [0.25, 0.3) is 0 Å². The normalized spacial score (nSPS) is 17.7. The van der Waals surface area contributed by atoms with E-state index in [0.717, 1.165) is 0 Å². The Morgan fingerprint density at radius 1 is 0.882 bits per heavy atom. The van der Waals surface area contributed by atoms with Gasteiger partial charge in [0.15, 0.2) is 11.6 Å². The summed E-state index contributed by atoms with van der Waals surface area (Å²) < 4.78 is 42.7. The van der Waals surface area contributed by atoms with E-state index < -0.39 is 38.0 Å². The molecule has 1 aliphatic heterocycles. The van der Waals surface area contributed by atoms with E-state index in [1.165, 1.54) is 6.07 Å². The number of fused-ring (bicyclic) bond motifs is 1. The van der Waals surface area contributed by atoms with Gasteiger partial charge in [-0.3, -0.25) is 0 Å². The average molecular weight is 486 g/mol. The lowest BCUT2D eigenvalue weighted by Gasteiger charge is -2.38. The van der Waals surface area contributed by atoms with E-state index in [4.69, 9.17) is 15.0 Å². The van der Waals surface area contributed by atoms with E-state index in [0.29, 0.717) is 38.5 Å². The molecule has 1 heterocycles. The van der Waals surface area contributed by atoms with Crippen LogP contribution in [-0.2, 0) is 9.31 Å². The Hall–Kier alpha value is -1.88. The Labute approximate surface area is 204 Å². The van der Waals surface area contributed by atoms with Gasteiger partial charge < -0.3 is 15.0 Å². The van der Waals surface area contributed by atoms with Gasteiger partial charge >= 0.3 is 7.12 Å². The molecule has 0 saturated carbocycles. The second-order valence-corrected chi connectivity index (χ2v) is 17.1. The molecule has 0 atom stereocenters. The fraction of sp³-hybridized carbons (Fsp3) is 0.556. The van der Waals surface area contributed by atoms with Gasteiger partial charge in [0.05, 0.1) is 16.8 Å². The Kier molecular flexibility index (Phi) is 7.05. The molecule has 0 aromatic heterocycles. The number of anilines is 1. The standard InChI is InChI=1S/C27H38BF2NO2Si/c1-16(2)34(17(3)4,18(5)6)12-11-21-24-19(14-23(29)25(21)30)13-20(31)15-22(24)28-32-26(7,8)27(9,10)33-28/h13-18H,31H2,1-10H3. The van der Waals surface area contributed by atoms with Crippen LogP contribution in [0.1, 0.15) is 74.8 Å². The Morgan fingerprint density at radius 3 is 1.85 bits per heavy atom. The molecule has 3 nitrogen and oxygen atoms in total. The van der Waals surface area contributed by atoms with E-state index in [2.05, 4.69) is 53.0 Å². The zero-order valence-electron chi connectivity index (χ0n) is 22.2. The highest BCUT2D eigenvalue weighted by atomic mass is 28.3. The van der Waals surface area contributed by atoms with Crippen LogP contribution in [0.25, 0.3) is 10.8 Å². The van der Waals surface area contributed by atoms with Crippen LogP contribution in [0.3, 0.4) is 0 Å². The lowest BCUT2D eigenvalue weighted by molar-refractivity contribution is 0.00578. The maximum atomic E-state index is 15.4. The second kappa shape index (κ2) is 8.97. The summed E-state index contributed by atoms with van der Waals surface area (Å²) in [6.07, 6.45) is 0. The lowest BCUT2D eigenvalue weighted by Crippen LogP contribution is -2.43. The molecule has 2 aromatic rings. The molecule has 2 aromatic carbocycles. The molecule has 2 N–H and O–H groups in total. The van der Waals surface area contributed by atoms with Gasteiger partial charge in [0, 0.05) is 11.1 Å². The molecule has 0 bridgehead atoms. The zero-order valence-corrected chi connectivity index (χ0v) is 23.2. The molecule has 7 heteroatoms. The van der Waals surface area contributed by atoms with Crippen molar-refractivity contribution in [2.45, 2.75) is 97.1 Å². The number of nitrogens with two attached hydrogens (primary N) is 1. The molecule has 3 rings (SSSR count). The minimum absolute atomic E-state index is 0.0542. The molecule has 1 fully saturated rings. The number of nitrogen functional groups attached to an aromatic ring is 1. The van der Waals surface area contributed by atoms with Crippen LogP contribution in [0.4, 0.5) is 14.5 Å². The largest absolute Gasteiger partial charge is 0.495 e. The molecule has 0 amide bonds. The Balaban J connectivity index is 2.35. The van der Waals surface area contributed by atoms with Crippen molar-refractivity contribution in [2.75, 3.05) is 5.73 Å². The van der Waals surface area contributed by atoms with Crippen LogP contribution in [0.15, 0.2) is 18.2 Å². The van der Waals surface area contributed by atoms with Crippen LogP contribution >= 0.6 is 0 Å². The van der Waals surface area contributed by atoms with Gasteiger partial charge in [-0.05, 0) is 73.4 Å². The maximum absolute atomic E-state index is 15.4. The first kappa shape index (κ1) is 26.7. The summed E-state index contributed by atoms with van der Waals surface area (Å²) in [6, 6.07) is 4.56. The highest BCUT2D eigenvalue weighted by Crippen LogP contribution is 2.41. The van der Waals surface area contributed by atoms with Crippen LogP contribution in [0.5, 0.6) is 0 Å². The van der Waals surface area contributed by atoms with Crippen molar-refractivity contribution in [1.82, 2.24) is 0 Å². The van der Waals surface area contributed by atoms with Crippen molar-refractivity contribution in [3.8, 4) is 11.5 Å². The summed E-state index contributed by atoms with van der Waals surface area (Å²) in [5.74, 6) is 1.27. The third-order valence-corrected chi connectivity index (χ3v) is 14.3. The van der Waals surface area contributed by atoms with Gasteiger partial charge in [0.1, 0.15) is 8.07 Å². The topological polar surface area (TPSA) is 44.5 Å². The molecule has 1 saturated heterocycles. The number of halogens is 2. The summed E-state index contributed by atoms with van der Waals surface area (Å²) >= 11 is 0. The average Bonchev–Trinajstić information content (AvgIpc) is 2.90. The van der Waals surface area contributed by atoms with Gasteiger partial charge in [-0.15, -0.1) is 5.54 Å². The minimum Gasteiger partial charge on any atom is -0.399 e. The molecule has 184 valence electrons. The van der Waals surface area contributed by atoms with E-state index in [-0.39, 0.29) is 5.56 Å². The summed E-state index contributed by atoms with van der Waals surface area (Å²) in [5, 5.41) is 0.983. The van der Waals surface area contributed by atoms with Crippen molar-refractivity contribution in [1.29, 1.82) is 0 Å². The first-order valence-electron chi connectivity index (χ1n) is 12.1. The molecular formula is C27H38BF2NO2Si. The van der Waals surface area contributed by atoms with Crippen molar-refractivity contribution < 1.29 is 18.1 Å². The summed E-state index contributed by atoms with van der Waals surface area (Å²) in [6.45, 7) is 21.0. The number of rotatable bonds is 4. The first-order chi connectivity index (χ1) is 15.5. The predicted octanol–water partition coefficient (Wildman–Crippen LogP) is 6.57. The molecule has 0 radical (unpaired) electrons. The quantitative estimate of drug-likeness (QED) is 0.303. The van der Waals surface area contributed by atoms with Crippen LogP contribution in [0, 0.1) is 23.1 Å². The maximum Gasteiger partial charge on any atom is 0.495 e. The van der Waals surface area contributed by atoms with E-state index >= 15 is 4.39 Å². The monoisotopic (exact) mass is 485 g/mol. The summed E-state index contributed by atoms with van der Waals surface area (Å²) in [5.41, 5.74) is 10.7. The lowest BCUT2D eigenvalue weighted by atomic mass is 9.74. The Morgan fingerprint density at radius 2 is 1.38 bits per heavy atom. The highest BCUT2D eigenvalue weighted by Gasteiger charge is 2.52. The van der Waals surface area contributed by atoms with Crippen LogP contribution in [-0.4, -0.2) is 26.4 Å². The van der Waals surface area contributed by atoms with Crippen molar-refractivity contribution in [3.63, 3.8) is 0 Å². The van der Waals surface area contributed by atoms with Gasteiger partial charge in [-0.25, -0.2) is 8.78 Å². The summed E-state index contributed by atoms with van der Waals surface area (Å²) in [7, 11) is -2.96.